The standard InChI is InChI=1S/C40H63N5O8/c1-11-13-24(7)19-25(8)20-26(9)35(47)45-34-27(10)53-40(52)30(12-2)41-36(48)32(21-28-14-16-29(46)17-15-28)43-38(50)33(23(5)6)44-37(49)31(18-22(3)4)42-39(34)51/h12,14-17,22-27,31-34,46H,11,13,18-21H2,1-10H3,(H,41,48)(H,42,51)(H,43,50)(H,44,49)(H,45,47)/b30-12-. The molecule has 0 saturated carbocycles. The Morgan fingerprint density at radius 1 is 0.849 bits per heavy atom. The average Bonchev–Trinajstić information content (AvgIpc) is 3.07. The number of ether oxygens (including phenoxy) is 1. The minimum absolute atomic E-state index is 0.00643. The van der Waals surface area contributed by atoms with E-state index in [1.165, 1.54) is 32.1 Å². The molecule has 13 heteroatoms. The van der Waals surface area contributed by atoms with Crippen LogP contribution in [0.4, 0.5) is 0 Å². The third-order valence-electron chi connectivity index (χ3n) is 9.49. The number of phenols is 1. The Hall–Kier alpha value is -4.42. The average molecular weight is 742 g/mol. The highest BCUT2D eigenvalue weighted by molar-refractivity contribution is 5.99. The number of amides is 5. The van der Waals surface area contributed by atoms with Crippen molar-refractivity contribution in [3.05, 3.63) is 41.6 Å². The fraction of sp³-hybridized carbons (Fsp3) is 0.650. The lowest BCUT2D eigenvalue weighted by Crippen LogP contribution is -2.61. The molecular formula is C40H63N5O8. The van der Waals surface area contributed by atoms with Gasteiger partial charge in [-0.25, -0.2) is 4.79 Å². The number of carbonyl (C=O) groups excluding carboxylic acids is 6. The van der Waals surface area contributed by atoms with E-state index in [0.717, 1.165) is 19.3 Å². The molecule has 1 fully saturated rings. The van der Waals surface area contributed by atoms with E-state index >= 15 is 0 Å². The molecule has 8 unspecified atom stereocenters. The van der Waals surface area contributed by atoms with Gasteiger partial charge in [-0.3, -0.25) is 24.0 Å². The molecule has 6 N–H and O–H groups in total. The van der Waals surface area contributed by atoms with Gasteiger partial charge in [0.15, 0.2) is 0 Å². The van der Waals surface area contributed by atoms with Gasteiger partial charge in [0.1, 0.15) is 41.7 Å². The second-order valence-corrected chi connectivity index (χ2v) is 15.5. The SMILES string of the molecule is C/C=C1\NC(=O)C(Cc2ccc(O)cc2)NC(=O)C(C(C)C)NC(=O)C(CC(C)C)NC(=O)C(NC(=O)C(C)CC(C)CC(C)CCC)C(C)OC1=O. The van der Waals surface area contributed by atoms with Gasteiger partial charge in [0, 0.05) is 12.3 Å². The quantitative estimate of drug-likeness (QED) is 0.129. The largest absolute Gasteiger partial charge is 0.508 e. The lowest BCUT2D eigenvalue weighted by molar-refractivity contribution is -0.150. The van der Waals surface area contributed by atoms with E-state index < -0.39 is 77.6 Å². The smallest absolute Gasteiger partial charge is 0.354 e. The molecule has 53 heavy (non-hydrogen) atoms. The lowest BCUT2D eigenvalue weighted by atomic mass is 9.87. The van der Waals surface area contributed by atoms with E-state index in [-0.39, 0.29) is 36.1 Å². The highest BCUT2D eigenvalue weighted by atomic mass is 16.5. The van der Waals surface area contributed by atoms with Crippen LogP contribution in [0.5, 0.6) is 5.75 Å². The van der Waals surface area contributed by atoms with Crippen molar-refractivity contribution < 1.29 is 38.6 Å². The van der Waals surface area contributed by atoms with Crippen LogP contribution in [0.2, 0.25) is 0 Å². The molecule has 5 amide bonds. The highest BCUT2D eigenvalue weighted by Gasteiger charge is 2.37. The zero-order chi connectivity index (χ0) is 40.0. The van der Waals surface area contributed by atoms with Crippen LogP contribution in [0, 0.1) is 29.6 Å². The molecule has 1 saturated heterocycles. The van der Waals surface area contributed by atoms with E-state index in [0.29, 0.717) is 17.9 Å². The zero-order valence-electron chi connectivity index (χ0n) is 33.2. The van der Waals surface area contributed by atoms with Crippen LogP contribution in [0.3, 0.4) is 0 Å². The first-order valence-corrected chi connectivity index (χ1v) is 19.0. The number of allylic oxidation sites excluding steroid dienone is 1. The van der Waals surface area contributed by atoms with Crippen molar-refractivity contribution in [2.45, 2.75) is 138 Å². The Bertz CT molecular complexity index is 1440. The molecule has 2 rings (SSSR count). The molecule has 1 heterocycles. The molecule has 13 nitrogen and oxygen atoms in total. The summed E-state index contributed by atoms with van der Waals surface area (Å²) in [5, 5.41) is 23.3. The van der Waals surface area contributed by atoms with Crippen LogP contribution in [0.15, 0.2) is 36.0 Å². The Morgan fingerprint density at radius 2 is 1.47 bits per heavy atom. The molecule has 0 aromatic heterocycles. The molecular weight excluding hydrogens is 678 g/mol. The van der Waals surface area contributed by atoms with Gasteiger partial charge >= 0.3 is 5.97 Å². The molecule has 0 radical (unpaired) electrons. The number of phenolic OH excluding ortho intramolecular Hbond substituents is 1. The van der Waals surface area contributed by atoms with Crippen LogP contribution >= 0.6 is 0 Å². The maximum Gasteiger partial charge on any atom is 0.354 e. The summed E-state index contributed by atoms with van der Waals surface area (Å²) in [6, 6.07) is 1.31. The monoisotopic (exact) mass is 741 g/mol. The van der Waals surface area contributed by atoms with E-state index in [2.05, 4.69) is 47.4 Å². The minimum atomic E-state index is -1.39. The van der Waals surface area contributed by atoms with Gasteiger partial charge in [0.05, 0.1) is 0 Å². The second kappa shape index (κ2) is 21.3. The van der Waals surface area contributed by atoms with Gasteiger partial charge in [0.2, 0.25) is 29.5 Å². The number of hydrogen-bond donors (Lipinski definition) is 6. The zero-order valence-corrected chi connectivity index (χ0v) is 33.2. The molecule has 8 atom stereocenters. The van der Waals surface area contributed by atoms with Crippen LogP contribution in [0.25, 0.3) is 0 Å². The Kier molecular flexibility index (Phi) is 18.0. The third kappa shape index (κ3) is 14.5. The van der Waals surface area contributed by atoms with Crippen LogP contribution in [-0.4, -0.2) is 70.9 Å². The number of rotatable bonds is 13. The third-order valence-corrected chi connectivity index (χ3v) is 9.49. The summed E-state index contributed by atoms with van der Waals surface area (Å²) >= 11 is 0. The summed E-state index contributed by atoms with van der Waals surface area (Å²) < 4.78 is 5.69. The van der Waals surface area contributed by atoms with Crippen molar-refractivity contribution in [1.82, 2.24) is 26.6 Å². The predicted octanol–water partition coefficient (Wildman–Crippen LogP) is 4.03. The van der Waals surface area contributed by atoms with Gasteiger partial charge in [0.25, 0.3) is 0 Å². The Balaban J connectivity index is 2.54. The lowest BCUT2D eigenvalue weighted by Gasteiger charge is -2.31. The number of aromatic hydroxyl groups is 1. The molecule has 1 aromatic rings. The molecule has 0 aliphatic carbocycles. The van der Waals surface area contributed by atoms with Gasteiger partial charge in [-0.2, -0.15) is 0 Å². The van der Waals surface area contributed by atoms with Crippen molar-refractivity contribution in [3.8, 4) is 5.75 Å². The summed E-state index contributed by atoms with van der Waals surface area (Å²) in [5.74, 6) is -4.28. The number of cyclic esters (lactones) is 1. The van der Waals surface area contributed by atoms with E-state index in [4.69, 9.17) is 4.74 Å². The Morgan fingerprint density at radius 3 is 2.04 bits per heavy atom. The maximum atomic E-state index is 14.0. The second-order valence-electron chi connectivity index (χ2n) is 15.5. The van der Waals surface area contributed by atoms with Crippen LogP contribution < -0.4 is 26.6 Å². The van der Waals surface area contributed by atoms with Gasteiger partial charge < -0.3 is 36.4 Å². The Labute approximate surface area is 315 Å². The van der Waals surface area contributed by atoms with E-state index in [1.807, 2.05) is 13.8 Å². The number of nitrogens with one attached hydrogen (secondary N) is 5. The van der Waals surface area contributed by atoms with Crippen molar-refractivity contribution >= 4 is 35.5 Å². The molecule has 296 valence electrons. The summed E-state index contributed by atoms with van der Waals surface area (Å²) in [6.45, 7) is 18.4. The maximum absolute atomic E-state index is 14.0. The predicted molar refractivity (Wildman–Crippen MR) is 203 cm³/mol. The van der Waals surface area contributed by atoms with Crippen LogP contribution in [0.1, 0.15) is 107 Å². The first-order chi connectivity index (χ1) is 24.9. The number of esters is 1. The molecule has 0 spiro atoms. The number of hydrogen-bond acceptors (Lipinski definition) is 8. The summed E-state index contributed by atoms with van der Waals surface area (Å²) in [6.07, 6.45) is 4.03. The van der Waals surface area contributed by atoms with E-state index in [9.17, 15) is 33.9 Å². The van der Waals surface area contributed by atoms with E-state index in [1.54, 1.807) is 32.9 Å². The molecule has 0 bridgehead atoms. The summed E-state index contributed by atoms with van der Waals surface area (Å²) in [4.78, 5) is 82.4. The van der Waals surface area contributed by atoms with Gasteiger partial charge in [-0.15, -0.1) is 0 Å². The summed E-state index contributed by atoms with van der Waals surface area (Å²) in [5.41, 5.74) is 0.373. The molecule has 1 aliphatic rings. The van der Waals surface area contributed by atoms with Crippen LogP contribution in [-0.2, 0) is 39.9 Å². The summed E-state index contributed by atoms with van der Waals surface area (Å²) in [7, 11) is 0. The van der Waals surface area contributed by atoms with Crippen molar-refractivity contribution in [2.75, 3.05) is 0 Å². The topological polar surface area (TPSA) is 192 Å². The number of carbonyl (C=O) groups is 6. The minimum Gasteiger partial charge on any atom is -0.508 e. The van der Waals surface area contributed by atoms with Crippen molar-refractivity contribution in [3.63, 3.8) is 0 Å². The molecule has 1 aromatic carbocycles. The van der Waals surface area contributed by atoms with Gasteiger partial charge in [-0.05, 0) is 74.5 Å². The first kappa shape index (κ1) is 44.7. The van der Waals surface area contributed by atoms with Crippen molar-refractivity contribution in [2.24, 2.45) is 29.6 Å². The number of benzene rings is 1. The van der Waals surface area contributed by atoms with Crippen molar-refractivity contribution in [1.29, 1.82) is 0 Å². The molecule has 1 aliphatic heterocycles. The normalized spacial score (nSPS) is 24.8. The fourth-order valence-electron chi connectivity index (χ4n) is 6.65. The highest BCUT2D eigenvalue weighted by Crippen LogP contribution is 2.23. The van der Waals surface area contributed by atoms with Gasteiger partial charge in [-0.1, -0.05) is 86.4 Å². The first-order valence-electron chi connectivity index (χ1n) is 19.0. The fourth-order valence-corrected chi connectivity index (χ4v) is 6.65.